The first-order chi connectivity index (χ1) is 8.58. The minimum absolute atomic E-state index is 0.0000661. The number of hydrogen-bond donors (Lipinski definition) is 1. The molecule has 1 aromatic rings. The van der Waals surface area contributed by atoms with Gasteiger partial charge in [0.2, 0.25) is 0 Å². The molecule has 6 heteroatoms. The Hall–Kier alpha value is 0.150. The van der Waals surface area contributed by atoms with Crippen LogP contribution in [-0.2, 0) is 4.74 Å². The van der Waals surface area contributed by atoms with Crippen LogP contribution in [-0.4, -0.2) is 31.0 Å². The Labute approximate surface area is 134 Å². The number of methoxy groups -OCH3 is 1. The lowest BCUT2D eigenvalue weighted by Gasteiger charge is -2.17. The minimum Gasteiger partial charge on any atom is -0.383 e. The van der Waals surface area contributed by atoms with Gasteiger partial charge >= 0.3 is 0 Å². The van der Waals surface area contributed by atoms with Gasteiger partial charge in [0.15, 0.2) is 0 Å². The first kappa shape index (κ1) is 16.2. The standard InChI is InChI=1S/C12H14BrClINO2/c1-18-7-9(4-5-13)16-12(17)8-2-3-11(15)10(14)6-8/h2-3,6,9H,4-5,7H2,1H3,(H,16,17). The molecule has 0 aromatic heterocycles. The highest BCUT2D eigenvalue weighted by molar-refractivity contribution is 14.1. The normalized spacial score (nSPS) is 12.2. The molecule has 1 rings (SSSR count). The summed E-state index contributed by atoms with van der Waals surface area (Å²) in [5.41, 5.74) is 0.566. The van der Waals surface area contributed by atoms with E-state index in [2.05, 4.69) is 43.8 Å². The van der Waals surface area contributed by atoms with E-state index < -0.39 is 0 Å². The molecule has 18 heavy (non-hydrogen) atoms. The summed E-state index contributed by atoms with van der Waals surface area (Å²) >= 11 is 11.5. The lowest BCUT2D eigenvalue weighted by molar-refractivity contribution is 0.0895. The molecule has 1 unspecified atom stereocenters. The first-order valence-electron chi connectivity index (χ1n) is 5.39. The number of carbonyl (C=O) groups is 1. The summed E-state index contributed by atoms with van der Waals surface area (Å²) in [5, 5.41) is 4.33. The molecule has 0 bridgehead atoms. The Kier molecular flexibility index (Phi) is 7.51. The van der Waals surface area contributed by atoms with Crippen LogP contribution in [0, 0.1) is 3.57 Å². The van der Waals surface area contributed by atoms with Crippen LogP contribution in [0.15, 0.2) is 18.2 Å². The van der Waals surface area contributed by atoms with Crippen LogP contribution in [0.25, 0.3) is 0 Å². The zero-order valence-corrected chi connectivity index (χ0v) is 14.4. The Morgan fingerprint density at radius 1 is 1.61 bits per heavy atom. The van der Waals surface area contributed by atoms with E-state index in [0.717, 1.165) is 15.3 Å². The van der Waals surface area contributed by atoms with Gasteiger partial charge in [-0.3, -0.25) is 4.79 Å². The summed E-state index contributed by atoms with van der Waals surface area (Å²) < 4.78 is 6.00. The van der Waals surface area contributed by atoms with Crippen LogP contribution in [0.2, 0.25) is 5.02 Å². The van der Waals surface area contributed by atoms with Gasteiger partial charge in [-0.1, -0.05) is 27.5 Å². The predicted octanol–water partition coefficient (Wildman–Crippen LogP) is 3.47. The maximum Gasteiger partial charge on any atom is 0.251 e. The molecule has 1 N–H and O–H groups in total. The fraction of sp³-hybridized carbons (Fsp3) is 0.417. The largest absolute Gasteiger partial charge is 0.383 e. The summed E-state index contributed by atoms with van der Waals surface area (Å²) in [6.45, 7) is 0.495. The van der Waals surface area contributed by atoms with Gasteiger partial charge in [0.05, 0.1) is 17.7 Å². The average molecular weight is 447 g/mol. The van der Waals surface area contributed by atoms with E-state index in [1.54, 1.807) is 19.2 Å². The molecule has 0 aliphatic carbocycles. The second-order valence-electron chi connectivity index (χ2n) is 3.73. The van der Waals surface area contributed by atoms with E-state index in [-0.39, 0.29) is 11.9 Å². The Balaban J connectivity index is 2.70. The molecule has 0 spiro atoms. The highest BCUT2D eigenvalue weighted by Gasteiger charge is 2.14. The molecule has 1 aromatic carbocycles. The summed E-state index contributed by atoms with van der Waals surface area (Å²) in [7, 11) is 1.62. The van der Waals surface area contributed by atoms with Crippen molar-refractivity contribution in [3.05, 3.63) is 32.4 Å². The van der Waals surface area contributed by atoms with Crippen molar-refractivity contribution in [2.24, 2.45) is 0 Å². The zero-order chi connectivity index (χ0) is 13.5. The van der Waals surface area contributed by atoms with Crippen molar-refractivity contribution in [2.75, 3.05) is 19.0 Å². The molecule has 0 fully saturated rings. The van der Waals surface area contributed by atoms with Crippen molar-refractivity contribution in [3.63, 3.8) is 0 Å². The average Bonchev–Trinajstić information content (AvgIpc) is 2.33. The molecule has 1 amide bonds. The quantitative estimate of drug-likeness (QED) is 0.537. The number of alkyl halides is 1. The fourth-order valence-corrected chi connectivity index (χ4v) is 2.50. The third kappa shape index (κ3) is 5.03. The summed E-state index contributed by atoms with van der Waals surface area (Å²) in [5.74, 6) is -0.128. The topological polar surface area (TPSA) is 38.3 Å². The van der Waals surface area contributed by atoms with Gasteiger partial charge < -0.3 is 10.1 Å². The smallest absolute Gasteiger partial charge is 0.251 e. The van der Waals surface area contributed by atoms with Gasteiger partial charge in [0.1, 0.15) is 0 Å². The highest BCUT2D eigenvalue weighted by atomic mass is 127. The van der Waals surface area contributed by atoms with E-state index in [4.69, 9.17) is 16.3 Å². The van der Waals surface area contributed by atoms with Crippen molar-refractivity contribution in [2.45, 2.75) is 12.5 Å². The van der Waals surface area contributed by atoms with Crippen molar-refractivity contribution < 1.29 is 9.53 Å². The van der Waals surface area contributed by atoms with Crippen molar-refractivity contribution in [3.8, 4) is 0 Å². The van der Waals surface area contributed by atoms with E-state index in [1.807, 2.05) is 6.07 Å². The van der Waals surface area contributed by atoms with Gasteiger partial charge in [0, 0.05) is 21.6 Å². The SMILES string of the molecule is COCC(CCBr)NC(=O)c1ccc(I)c(Cl)c1. The molecular formula is C12H14BrClINO2. The molecule has 0 aliphatic rings. The molecule has 100 valence electrons. The van der Waals surface area contributed by atoms with Crippen LogP contribution < -0.4 is 5.32 Å². The van der Waals surface area contributed by atoms with Gasteiger partial charge in [-0.25, -0.2) is 0 Å². The van der Waals surface area contributed by atoms with Crippen LogP contribution in [0.3, 0.4) is 0 Å². The molecule has 3 nitrogen and oxygen atoms in total. The summed E-state index contributed by atoms with van der Waals surface area (Å²) in [6.07, 6.45) is 0.817. The Morgan fingerprint density at radius 3 is 2.89 bits per heavy atom. The second kappa shape index (κ2) is 8.35. The second-order valence-corrected chi connectivity index (χ2v) is 6.09. The number of benzene rings is 1. The number of rotatable bonds is 6. The van der Waals surface area contributed by atoms with E-state index in [0.29, 0.717) is 17.2 Å². The highest BCUT2D eigenvalue weighted by Crippen LogP contribution is 2.19. The van der Waals surface area contributed by atoms with Gasteiger partial charge in [-0.2, -0.15) is 0 Å². The number of ether oxygens (including phenoxy) is 1. The summed E-state index contributed by atoms with van der Waals surface area (Å²) in [4.78, 5) is 12.0. The molecule has 0 saturated carbocycles. The lowest BCUT2D eigenvalue weighted by atomic mass is 10.2. The maximum atomic E-state index is 12.0. The fourth-order valence-electron chi connectivity index (χ4n) is 1.44. The molecule has 0 aliphatic heterocycles. The number of amides is 1. The summed E-state index contributed by atoms with van der Waals surface area (Å²) in [6, 6.07) is 5.27. The number of halogens is 3. The molecule has 1 atom stereocenters. The van der Waals surface area contributed by atoms with Crippen LogP contribution in [0.5, 0.6) is 0 Å². The van der Waals surface area contributed by atoms with E-state index in [9.17, 15) is 4.79 Å². The molecule has 0 saturated heterocycles. The zero-order valence-electron chi connectivity index (χ0n) is 9.88. The van der Waals surface area contributed by atoms with Crippen molar-refractivity contribution in [1.29, 1.82) is 0 Å². The number of carbonyl (C=O) groups excluding carboxylic acids is 1. The third-order valence-electron chi connectivity index (χ3n) is 2.34. The Morgan fingerprint density at radius 2 is 2.33 bits per heavy atom. The minimum atomic E-state index is -0.128. The van der Waals surface area contributed by atoms with Crippen molar-refractivity contribution in [1.82, 2.24) is 5.32 Å². The molecular weight excluding hydrogens is 432 g/mol. The Bertz CT molecular complexity index is 411. The predicted molar refractivity (Wildman–Crippen MR) is 85.7 cm³/mol. The van der Waals surface area contributed by atoms with Gasteiger partial charge in [-0.05, 0) is 47.2 Å². The molecule has 0 radical (unpaired) electrons. The molecule has 0 heterocycles. The van der Waals surface area contributed by atoms with Crippen LogP contribution >= 0.6 is 50.1 Å². The lowest BCUT2D eigenvalue weighted by Crippen LogP contribution is -2.38. The first-order valence-corrected chi connectivity index (χ1v) is 7.97. The third-order valence-corrected chi connectivity index (χ3v) is 4.37. The van der Waals surface area contributed by atoms with Gasteiger partial charge in [0.25, 0.3) is 5.91 Å². The van der Waals surface area contributed by atoms with E-state index >= 15 is 0 Å². The number of hydrogen-bond acceptors (Lipinski definition) is 2. The maximum absolute atomic E-state index is 12.0. The van der Waals surface area contributed by atoms with Crippen molar-refractivity contribution >= 4 is 56.0 Å². The van der Waals surface area contributed by atoms with Crippen LogP contribution in [0.4, 0.5) is 0 Å². The monoisotopic (exact) mass is 445 g/mol. The van der Waals surface area contributed by atoms with E-state index in [1.165, 1.54) is 0 Å². The van der Waals surface area contributed by atoms with Crippen LogP contribution in [0.1, 0.15) is 16.8 Å². The van der Waals surface area contributed by atoms with Gasteiger partial charge in [-0.15, -0.1) is 0 Å². The number of nitrogens with one attached hydrogen (secondary N) is 1.